The van der Waals surface area contributed by atoms with Gasteiger partial charge in [0.2, 0.25) is 0 Å². The summed E-state index contributed by atoms with van der Waals surface area (Å²) in [6, 6.07) is 5.60. The van der Waals surface area contributed by atoms with Gasteiger partial charge in [-0.05, 0) is 40.5 Å². The lowest BCUT2D eigenvalue weighted by Crippen LogP contribution is -2.23. The summed E-state index contributed by atoms with van der Waals surface area (Å²) in [7, 11) is 1.76. The van der Waals surface area contributed by atoms with Crippen LogP contribution in [0, 0.1) is 6.92 Å². The Balaban J connectivity index is 2.07. The van der Waals surface area contributed by atoms with E-state index in [9.17, 15) is 4.79 Å². The highest BCUT2D eigenvalue weighted by Crippen LogP contribution is 2.18. The van der Waals surface area contributed by atoms with Crippen molar-refractivity contribution >= 4 is 27.7 Å². The first-order chi connectivity index (χ1) is 8.99. The quantitative estimate of drug-likeness (QED) is 0.907. The second kappa shape index (κ2) is 5.44. The van der Waals surface area contributed by atoms with E-state index in [0.717, 1.165) is 15.6 Å². The molecule has 1 aromatic heterocycles. The molecule has 0 atom stereocenters. The molecule has 0 aliphatic heterocycles. The Morgan fingerprint density at radius 1 is 1.53 bits per heavy atom. The maximum atomic E-state index is 12.1. The van der Waals surface area contributed by atoms with E-state index in [0.29, 0.717) is 17.9 Å². The van der Waals surface area contributed by atoms with E-state index >= 15 is 0 Å². The third-order valence-electron chi connectivity index (χ3n) is 2.87. The van der Waals surface area contributed by atoms with Crippen LogP contribution < -0.4 is 11.1 Å². The lowest BCUT2D eigenvalue weighted by Gasteiger charge is -2.07. The van der Waals surface area contributed by atoms with Crippen LogP contribution in [-0.2, 0) is 13.6 Å². The van der Waals surface area contributed by atoms with Crippen molar-refractivity contribution in [2.24, 2.45) is 7.05 Å². The van der Waals surface area contributed by atoms with E-state index in [2.05, 4.69) is 26.3 Å². The molecule has 1 aromatic carbocycles. The number of hydrogen-bond donors (Lipinski definition) is 2. The predicted octanol–water partition coefficient (Wildman–Crippen LogP) is 2.00. The van der Waals surface area contributed by atoms with Crippen molar-refractivity contribution in [3.8, 4) is 0 Å². The number of hydrogen-bond acceptors (Lipinski definition) is 3. The van der Waals surface area contributed by atoms with Gasteiger partial charge < -0.3 is 11.1 Å². The molecule has 1 amide bonds. The van der Waals surface area contributed by atoms with Gasteiger partial charge in [-0.15, -0.1) is 0 Å². The summed E-state index contributed by atoms with van der Waals surface area (Å²) in [5.41, 5.74) is 8.32. The van der Waals surface area contributed by atoms with Crippen LogP contribution in [0.1, 0.15) is 21.5 Å². The predicted molar refractivity (Wildman–Crippen MR) is 77.7 cm³/mol. The summed E-state index contributed by atoms with van der Waals surface area (Å²) < 4.78 is 2.35. The van der Waals surface area contributed by atoms with E-state index in [1.165, 1.54) is 0 Å². The highest BCUT2D eigenvalue weighted by atomic mass is 79.9. The number of nitrogens with zero attached hydrogens (tertiary/aromatic N) is 2. The second-order valence-electron chi connectivity index (χ2n) is 4.34. The van der Waals surface area contributed by atoms with Crippen molar-refractivity contribution in [2.75, 3.05) is 5.73 Å². The fourth-order valence-corrected chi connectivity index (χ4v) is 2.38. The van der Waals surface area contributed by atoms with Crippen LogP contribution in [0.2, 0.25) is 0 Å². The molecule has 0 unspecified atom stereocenters. The van der Waals surface area contributed by atoms with E-state index in [1.807, 2.05) is 19.1 Å². The number of anilines is 1. The molecule has 2 aromatic rings. The number of nitrogen functional groups attached to an aromatic ring is 1. The summed E-state index contributed by atoms with van der Waals surface area (Å²) in [6.45, 7) is 2.33. The monoisotopic (exact) mass is 322 g/mol. The number of carbonyl (C=O) groups excluding carboxylic acids is 1. The topological polar surface area (TPSA) is 72.9 Å². The number of carbonyl (C=O) groups is 1. The van der Waals surface area contributed by atoms with Gasteiger partial charge in [0, 0.05) is 23.6 Å². The molecule has 2 rings (SSSR count). The summed E-state index contributed by atoms with van der Waals surface area (Å²) in [4.78, 5) is 12.1. The minimum atomic E-state index is -0.143. The zero-order chi connectivity index (χ0) is 14.0. The molecule has 0 saturated heterocycles. The molecular formula is C13H15BrN4O. The van der Waals surface area contributed by atoms with Crippen LogP contribution in [0.4, 0.5) is 5.82 Å². The summed E-state index contributed by atoms with van der Waals surface area (Å²) >= 11 is 3.39. The zero-order valence-electron chi connectivity index (χ0n) is 10.8. The van der Waals surface area contributed by atoms with Gasteiger partial charge >= 0.3 is 0 Å². The first-order valence-electron chi connectivity index (χ1n) is 5.79. The summed E-state index contributed by atoms with van der Waals surface area (Å²) in [5, 5.41) is 6.85. The minimum absolute atomic E-state index is 0.143. The van der Waals surface area contributed by atoms with Gasteiger partial charge in [-0.1, -0.05) is 6.07 Å². The first-order valence-corrected chi connectivity index (χ1v) is 6.59. The Morgan fingerprint density at radius 3 is 2.84 bits per heavy atom. The fourth-order valence-electron chi connectivity index (χ4n) is 1.70. The van der Waals surface area contributed by atoms with E-state index in [4.69, 9.17) is 5.73 Å². The molecular weight excluding hydrogens is 308 g/mol. The third-order valence-corrected chi connectivity index (χ3v) is 3.53. The molecule has 1 heterocycles. The van der Waals surface area contributed by atoms with Gasteiger partial charge in [-0.2, -0.15) is 5.10 Å². The Hall–Kier alpha value is -1.82. The molecule has 6 heteroatoms. The van der Waals surface area contributed by atoms with Crippen molar-refractivity contribution in [1.82, 2.24) is 15.1 Å². The number of halogens is 1. The number of rotatable bonds is 3. The molecule has 0 bridgehead atoms. The van der Waals surface area contributed by atoms with Gasteiger partial charge in [0.05, 0.1) is 11.8 Å². The lowest BCUT2D eigenvalue weighted by atomic mass is 10.1. The normalized spacial score (nSPS) is 10.5. The van der Waals surface area contributed by atoms with Crippen molar-refractivity contribution < 1.29 is 4.79 Å². The molecule has 0 radical (unpaired) electrons. The highest BCUT2D eigenvalue weighted by Gasteiger charge is 2.11. The van der Waals surface area contributed by atoms with E-state index in [-0.39, 0.29) is 5.91 Å². The third kappa shape index (κ3) is 2.96. The van der Waals surface area contributed by atoms with Gasteiger partial charge in [0.1, 0.15) is 5.82 Å². The van der Waals surface area contributed by atoms with Gasteiger partial charge in [-0.3, -0.25) is 9.48 Å². The molecule has 19 heavy (non-hydrogen) atoms. The Kier molecular flexibility index (Phi) is 3.90. The smallest absolute Gasteiger partial charge is 0.252 e. The van der Waals surface area contributed by atoms with Crippen LogP contribution in [0.3, 0.4) is 0 Å². The van der Waals surface area contributed by atoms with E-state index < -0.39 is 0 Å². The van der Waals surface area contributed by atoms with E-state index in [1.54, 1.807) is 24.0 Å². The Labute approximate surface area is 119 Å². The summed E-state index contributed by atoms with van der Waals surface area (Å²) in [6.07, 6.45) is 1.65. The van der Waals surface area contributed by atoms with Crippen LogP contribution in [-0.4, -0.2) is 15.7 Å². The Bertz CT molecular complexity index is 621. The number of nitrogens with one attached hydrogen (secondary N) is 1. The lowest BCUT2D eigenvalue weighted by molar-refractivity contribution is 0.0950. The Morgan fingerprint density at radius 2 is 2.26 bits per heavy atom. The zero-order valence-corrected chi connectivity index (χ0v) is 12.4. The number of aromatic nitrogens is 2. The summed E-state index contributed by atoms with van der Waals surface area (Å²) in [5.74, 6) is 0.415. The molecule has 0 aliphatic carbocycles. The SMILES string of the molecule is Cc1ccc(C(=O)NCc2cnn(C)c2N)c(Br)c1. The fraction of sp³-hybridized carbons (Fsp3) is 0.231. The largest absolute Gasteiger partial charge is 0.384 e. The standard InChI is InChI=1S/C13H15BrN4O/c1-8-3-4-10(11(14)5-8)13(19)16-6-9-7-17-18(2)12(9)15/h3-5,7H,6,15H2,1-2H3,(H,16,19). The number of nitrogens with two attached hydrogens (primary N) is 1. The van der Waals surface area contributed by atoms with Gasteiger partial charge in [0.25, 0.3) is 5.91 Å². The highest BCUT2D eigenvalue weighted by molar-refractivity contribution is 9.10. The average molecular weight is 323 g/mol. The number of benzene rings is 1. The van der Waals surface area contributed by atoms with Gasteiger partial charge in [0.15, 0.2) is 0 Å². The van der Waals surface area contributed by atoms with Crippen molar-refractivity contribution in [3.05, 3.63) is 45.6 Å². The average Bonchev–Trinajstić information content (AvgIpc) is 2.67. The number of aryl methyl sites for hydroxylation is 2. The maximum Gasteiger partial charge on any atom is 0.252 e. The number of amides is 1. The van der Waals surface area contributed by atoms with Crippen molar-refractivity contribution in [2.45, 2.75) is 13.5 Å². The maximum absolute atomic E-state index is 12.1. The van der Waals surface area contributed by atoms with Crippen molar-refractivity contribution in [3.63, 3.8) is 0 Å². The van der Waals surface area contributed by atoms with Crippen LogP contribution in [0.5, 0.6) is 0 Å². The van der Waals surface area contributed by atoms with Crippen LogP contribution >= 0.6 is 15.9 Å². The molecule has 5 nitrogen and oxygen atoms in total. The molecule has 0 saturated carbocycles. The molecule has 3 N–H and O–H groups in total. The van der Waals surface area contributed by atoms with Gasteiger partial charge in [-0.25, -0.2) is 0 Å². The second-order valence-corrected chi connectivity index (χ2v) is 5.20. The molecule has 100 valence electrons. The van der Waals surface area contributed by atoms with Crippen LogP contribution in [0.15, 0.2) is 28.9 Å². The van der Waals surface area contributed by atoms with Crippen LogP contribution in [0.25, 0.3) is 0 Å². The molecule has 0 fully saturated rings. The molecule has 0 spiro atoms. The molecule has 0 aliphatic rings. The van der Waals surface area contributed by atoms with Crippen molar-refractivity contribution in [1.29, 1.82) is 0 Å². The minimum Gasteiger partial charge on any atom is -0.384 e. The first kappa shape index (κ1) is 13.6.